The molecule has 1 amide bonds. The predicted octanol–water partition coefficient (Wildman–Crippen LogP) is 3.02. The van der Waals surface area contributed by atoms with Gasteiger partial charge >= 0.3 is 0 Å². The molecule has 0 aliphatic rings. The Kier molecular flexibility index (Phi) is 4.96. The number of fused-ring (bicyclic) bond motifs is 1. The van der Waals surface area contributed by atoms with Gasteiger partial charge in [0.25, 0.3) is 0 Å². The Hall–Kier alpha value is -1.88. The zero-order valence-corrected chi connectivity index (χ0v) is 12.9. The first-order valence-electron chi connectivity index (χ1n) is 6.97. The Morgan fingerprint density at radius 3 is 2.86 bits per heavy atom. The lowest BCUT2D eigenvalue weighted by Gasteiger charge is -2.10. The van der Waals surface area contributed by atoms with Gasteiger partial charge in [-0.05, 0) is 31.5 Å². The van der Waals surface area contributed by atoms with Crippen molar-refractivity contribution >= 4 is 34.3 Å². The zero-order chi connectivity index (χ0) is 15.4. The molecule has 0 radical (unpaired) electrons. The van der Waals surface area contributed by atoms with Gasteiger partial charge in [-0.1, -0.05) is 18.5 Å². The van der Waals surface area contributed by atoms with Crippen molar-refractivity contribution in [3.63, 3.8) is 0 Å². The summed E-state index contributed by atoms with van der Waals surface area (Å²) in [5, 5.41) is 8.31. The van der Waals surface area contributed by atoms with Crippen LogP contribution >= 0.6 is 11.6 Å². The van der Waals surface area contributed by atoms with Crippen molar-refractivity contribution in [1.82, 2.24) is 15.1 Å². The van der Waals surface area contributed by atoms with Gasteiger partial charge in [-0.2, -0.15) is 5.10 Å². The summed E-state index contributed by atoms with van der Waals surface area (Å²) >= 11 is 5.90. The lowest BCUT2D eigenvalue weighted by Crippen LogP contribution is -2.32. The molecule has 0 aliphatic carbocycles. The van der Waals surface area contributed by atoms with Gasteiger partial charge in [0.05, 0.1) is 11.7 Å². The Balaban J connectivity index is 2.01. The number of carbonyl (C=O) groups excluding carboxylic acids is 2. The first-order valence-corrected chi connectivity index (χ1v) is 7.35. The molecule has 0 bridgehead atoms. The standard InChI is InChI=1S/C15H18ClN3O2/c1-3-10(2)18-14(20)6-7-15(21)19-13-5-4-12(16)8-11(13)9-17-19/h4-5,8-10H,3,6-7H2,1-2H3,(H,18,20). The highest BCUT2D eigenvalue weighted by Crippen LogP contribution is 2.19. The van der Waals surface area contributed by atoms with Crippen LogP contribution in [0.5, 0.6) is 0 Å². The maximum atomic E-state index is 12.2. The summed E-state index contributed by atoms with van der Waals surface area (Å²) in [5.41, 5.74) is 0.701. The monoisotopic (exact) mass is 307 g/mol. The fourth-order valence-corrected chi connectivity index (χ4v) is 2.16. The molecular formula is C15H18ClN3O2. The molecule has 112 valence electrons. The number of carbonyl (C=O) groups is 2. The number of nitrogens with one attached hydrogen (secondary N) is 1. The molecule has 6 heteroatoms. The average Bonchev–Trinajstić information content (AvgIpc) is 2.87. The van der Waals surface area contributed by atoms with Crippen LogP contribution in [0.25, 0.3) is 10.9 Å². The van der Waals surface area contributed by atoms with Crippen LogP contribution in [-0.4, -0.2) is 27.6 Å². The highest BCUT2D eigenvalue weighted by atomic mass is 35.5. The van der Waals surface area contributed by atoms with Crippen LogP contribution in [0.2, 0.25) is 5.02 Å². The van der Waals surface area contributed by atoms with Crippen LogP contribution in [0.4, 0.5) is 0 Å². The molecule has 0 fully saturated rings. The molecular weight excluding hydrogens is 290 g/mol. The Labute approximate surface area is 128 Å². The van der Waals surface area contributed by atoms with E-state index in [1.807, 2.05) is 13.8 Å². The quantitative estimate of drug-likeness (QED) is 0.923. The minimum Gasteiger partial charge on any atom is -0.354 e. The van der Waals surface area contributed by atoms with Gasteiger partial charge in [-0.15, -0.1) is 0 Å². The second kappa shape index (κ2) is 6.72. The number of benzene rings is 1. The largest absolute Gasteiger partial charge is 0.354 e. The van der Waals surface area contributed by atoms with E-state index < -0.39 is 0 Å². The Morgan fingerprint density at radius 2 is 2.14 bits per heavy atom. The fourth-order valence-electron chi connectivity index (χ4n) is 1.98. The van der Waals surface area contributed by atoms with Gasteiger partial charge < -0.3 is 5.32 Å². The molecule has 1 aromatic heterocycles. The van der Waals surface area contributed by atoms with Crippen molar-refractivity contribution in [2.45, 2.75) is 39.2 Å². The summed E-state index contributed by atoms with van der Waals surface area (Å²) in [7, 11) is 0. The molecule has 1 aromatic carbocycles. The van der Waals surface area contributed by atoms with Crippen LogP contribution in [0.1, 0.15) is 37.9 Å². The minimum atomic E-state index is -0.202. The normalized spacial score (nSPS) is 12.3. The zero-order valence-electron chi connectivity index (χ0n) is 12.1. The molecule has 5 nitrogen and oxygen atoms in total. The fraction of sp³-hybridized carbons (Fsp3) is 0.400. The number of aromatic nitrogens is 2. The maximum Gasteiger partial charge on any atom is 0.247 e. The second-order valence-corrected chi connectivity index (χ2v) is 5.47. The van der Waals surface area contributed by atoms with Crippen molar-refractivity contribution in [1.29, 1.82) is 0 Å². The number of hydrogen-bond acceptors (Lipinski definition) is 3. The molecule has 0 saturated heterocycles. The van der Waals surface area contributed by atoms with Crippen molar-refractivity contribution in [2.24, 2.45) is 0 Å². The van der Waals surface area contributed by atoms with E-state index in [0.717, 1.165) is 11.8 Å². The molecule has 1 heterocycles. The molecule has 1 unspecified atom stereocenters. The summed E-state index contributed by atoms with van der Waals surface area (Å²) in [6.07, 6.45) is 2.75. The first-order chi connectivity index (χ1) is 10.0. The van der Waals surface area contributed by atoms with Crippen molar-refractivity contribution in [3.05, 3.63) is 29.4 Å². The van der Waals surface area contributed by atoms with E-state index in [0.29, 0.717) is 10.5 Å². The van der Waals surface area contributed by atoms with Crippen LogP contribution in [0.3, 0.4) is 0 Å². The Bertz CT molecular complexity index is 666. The van der Waals surface area contributed by atoms with E-state index in [1.165, 1.54) is 4.68 Å². The van der Waals surface area contributed by atoms with Crippen molar-refractivity contribution < 1.29 is 9.59 Å². The van der Waals surface area contributed by atoms with E-state index >= 15 is 0 Å². The molecule has 1 N–H and O–H groups in total. The van der Waals surface area contributed by atoms with Gasteiger partial charge in [-0.25, -0.2) is 4.68 Å². The highest BCUT2D eigenvalue weighted by Gasteiger charge is 2.13. The highest BCUT2D eigenvalue weighted by molar-refractivity contribution is 6.31. The van der Waals surface area contributed by atoms with Gasteiger partial charge in [0.15, 0.2) is 0 Å². The molecule has 0 spiro atoms. The van der Waals surface area contributed by atoms with Gasteiger partial charge in [0.1, 0.15) is 0 Å². The van der Waals surface area contributed by atoms with Gasteiger partial charge in [0, 0.05) is 29.3 Å². The molecule has 2 aromatic rings. The summed E-state index contributed by atoms with van der Waals surface area (Å²) in [6.45, 7) is 3.93. The number of rotatable bonds is 5. The molecule has 1 atom stereocenters. The van der Waals surface area contributed by atoms with E-state index in [2.05, 4.69) is 10.4 Å². The lowest BCUT2D eigenvalue weighted by atomic mass is 10.2. The van der Waals surface area contributed by atoms with Crippen LogP contribution < -0.4 is 5.32 Å². The third-order valence-electron chi connectivity index (χ3n) is 3.35. The number of amides is 1. The van der Waals surface area contributed by atoms with E-state index in [4.69, 9.17) is 11.6 Å². The average molecular weight is 308 g/mol. The van der Waals surface area contributed by atoms with Crippen LogP contribution in [0, 0.1) is 0 Å². The lowest BCUT2D eigenvalue weighted by molar-refractivity contribution is -0.121. The SMILES string of the molecule is CCC(C)NC(=O)CCC(=O)n1ncc2cc(Cl)ccc21. The molecule has 21 heavy (non-hydrogen) atoms. The smallest absolute Gasteiger partial charge is 0.247 e. The predicted molar refractivity (Wildman–Crippen MR) is 82.5 cm³/mol. The first kappa shape index (κ1) is 15.5. The molecule has 2 rings (SSSR count). The summed E-state index contributed by atoms with van der Waals surface area (Å²) in [4.78, 5) is 23.8. The third-order valence-corrected chi connectivity index (χ3v) is 3.59. The number of nitrogens with zero attached hydrogens (tertiary/aromatic N) is 2. The topological polar surface area (TPSA) is 64.0 Å². The summed E-state index contributed by atoms with van der Waals surface area (Å²) in [5.74, 6) is -0.316. The molecule has 0 saturated carbocycles. The summed E-state index contributed by atoms with van der Waals surface area (Å²) in [6, 6.07) is 5.34. The van der Waals surface area contributed by atoms with Crippen LogP contribution in [0.15, 0.2) is 24.4 Å². The molecule has 0 aliphatic heterocycles. The van der Waals surface area contributed by atoms with E-state index in [9.17, 15) is 9.59 Å². The van der Waals surface area contributed by atoms with Gasteiger partial charge in [-0.3, -0.25) is 9.59 Å². The Morgan fingerprint density at radius 1 is 1.38 bits per heavy atom. The maximum absolute atomic E-state index is 12.2. The number of hydrogen-bond donors (Lipinski definition) is 1. The minimum absolute atomic E-state index is 0.114. The van der Waals surface area contributed by atoms with Gasteiger partial charge in [0.2, 0.25) is 11.8 Å². The van der Waals surface area contributed by atoms with Crippen LogP contribution in [-0.2, 0) is 4.79 Å². The third kappa shape index (κ3) is 3.82. The van der Waals surface area contributed by atoms with Crippen molar-refractivity contribution in [2.75, 3.05) is 0 Å². The van der Waals surface area contributed by atoms with E-state index in [1.54, 1.807) is 24.4 Å². The second-order valence-electron chi connectivity index (χ2n) is 5.03. The summed E-state index contributed by atoms with van der Waals surface area (Å²) < 4.78 is 1.32. The van der Waals surface area contributed by atoms with E-state index in [-0.39, 0.29) is 30.7 Å². The number of halogens is 1. The van der Waals surface area contributed by atoms with Crippen molar-refractivity contribution in [3.8, 4) is 0 Å².